The van der Waals surface area contributed by atoms with Gasteiger partial charge in [-0.25, -0.2) is 0 Å². The van der Waals surface area contributed by atoms with Gasteiger partial charge in [-0.1, -0.05) is 49.4 Å². The van der Waals surface area contributed by atoms with Crippen LogP contribution in [0.1, 0.15) is 31.4 Å². The standard InChI is InChI=1S/C20H25NO/c1-4-20(18-8-6-5-7-9-18)16(2)17-10-12-19(13-11-17)22-15-14-21-3/h5-13,21H,4,14-15H2,1-3H3/b20-16-. The Hall–Kier alpha value is -2.06. The van der Waals surface area contributed by atoms with E-state index in [1.165, 1.54) is 22.3 Å². The van der Waals surface area contributed by atoms with Crippen LogP contribution in [-0.4, -0.2) is 20.2 Å². The van der Waals surface area contributed by atoms with Crippen molar-refractivity contribution in [3.05, 3.63) is 65.7 Å². The van der Waals surface area contributed by atoms with Gasteiger partial charge in [0.05, 0.1) is 0 Å². The minimum absolute atomic E-state index is 0.689. The van der Waals surface area contributed by atoms with E-state index in [-0.39, 0.29) is 0 Å². The summed E-state index contributed by atoms with van der Waals surface area (Å²) in [6, 6.07) is 19.0. The lowest BCUT2D eigenvalue weighted by molar-refractivity contribution is 0.318. The van der Waals surface area contributed by atoms with Crippen molar-refractivity contribution in [3.63, 3.8) is 0 Å². The monoisotopic (exact) mass is 295 g/mol. The van der Waals surface area contributed by atoms with Crippen LogP contribution in [0.25, 0.3) is 11.1 Å². The molecule has 0 radical (unpaired) electrons. The van der Waals surface area contributed by atoms with E-state index in [9.17, 15) is 0 Å². The summed E-state index contributed by atoms with van der Waals surface area (Å²) >= 11 is 0. The molecule has 0 aliphatic carbocycles. The minimum Gasteiger partial charge on any atom is -0.492 e. The van der Waals surface area contributed by atoms with Gasteiger partial charge in [0.1, 0.15) is 12.4 Å². The van der Waals surface area contributed by atoms with Gasteiger partial charge in [-0.05, 0) is 54.8 Å². The molecule has 0 bridgehead atoms. The first kappa shape index (κ1) is 16.3. The summed E-state index contributed by atoms with van der Waals surface area (Å²) in [6.45, 7) is 5.95. The number of hydrogen-bond acceptors (Lipinski definition) is 2. The van der Waals surface area contributed by atoms with Crippen LogP contribution < -0.4 is 10.1 Å². The third kappa shape index (κ3) is 4.22. The Bertz CT molecular complexity index is 599. The quantitative estimate of drug-likeness (QED) is 0.594. The van der Waals surface area contributed by atoms with Crippen LogP contribution in [0, 0.1) is 0 Å². The van der Waals surface area contributed by atoms with Crippen LogP contribution in [0.5, 0.6) is 5.75 Å². The van der Waals surface area contributed by atoms with E-state index in [2.05, 4.69) is 61.6 Å². The maximum Gasteiger partial charge on any atom is 0.119 e. The largest absolute Gasteiger partial charge is 0.492 e. The normalized spacial score (nSPS) is 12.0. The number of likely N-dealkylation sites (N-methyl/N-ethyl adjacent to an activating group) is 1. The molecule has 0 heterocycles. The zero-order valence-electron chi connectivity index (χ0n) is 13.7. The smallest absolute Gasteiger partial charge is 0.119 e. The first-order valence-corrected chi connectivity index (χ1v) is 7.89. The lowest BCUT2D eigenvalue weighted by Gasteiger charge is -2.12. The second kappa shape index (κ2) is 8.40. The Kier molecular flexibility index (Phi) is 6.23. The van der Waals surface area contributed by atoms with Gasteiger partial charge < -0.3 is 10.1 Å². The van der Waals surface area contributed by atoms with Crippen LogP contribution in [0.3, 0.4) is 0 Å². The highest BCUT2D eigenvalue weighted by atomic mass is 16.5. The summed E-state index contributed by atoms with van der Waals surface area (Å²) in [5.74, 6) is 0.921. The van der Waals surface area contributed by atoms with Gasteiger partial charge in [0.2, 0.25) is 0 Å². The van der Waals surface area contributed by atoms with E-state index >= 15 is 0 Å². The molecule has 2 nitrogen and oxygen atoms in total. The first-order chi connectivity index (χ1) is 10.8. The van der Waals surface area contributed by atoms with Crippen molar-refractivity contribution in [1.29, 1.82) is 0 Å². The van der Waals surface area contributed by atoms with Crippen LogP contribution >= 0.6 is 0 Å². The summed E-state index contributed by atoms with van der Waals surface area (Å²) in [7, 11) is 1.93. The molecule has 2 heteroatoms. The van der Waals surface area contributed by atoms with E-state index in [4.69, 9.17) is 4.74 Å². The SMILES string of the molecule is CC/C(=C(\C)c1ccc(OCCNC)cc1)c1ccccc1. The van der Waals surface area contributed by atoms with Gasteiger partial charge in [-0.15, -0.1) is 0 Å². The topological polar surface area (TPSA) is 21.3 Å². The lowest BCUT2D eigenvalue weighted by Crippen LogP contribution is -2.15. The van der Waals surface area contributed by atoms with Gasteiger partial charge in [-0.2, -0.15) is 0 Å². The van der Waals surface area contributed by atoms with E-state index < -0.39 is 0 Å². The van der Waals surface area contributed by atoms with Crippen LogP contribution in [0.4, 0.5) is 0 Å². The fraction of sp³-hybridized carbons (Fsp3) is 0.300. The van der Waals surface area contributed by atoms with Gasteiger partial charge in [-0.3, -0.25) is 0 Å². The second-order valence-electron chi connectivity index (χ2n) is 5.30. The average molecular weight is 295 g/mol. The molecule has 0 aliphatic rings. The van der Waals surface area contributed by atoms with E-state index in [1.54, 1.807) is 0 Å². The fourth-order valence-corrected chi connectivity index (χ4v) is 2.57. The lowest BCUT2D eigenvalue weighted by atomic mass is 9.94. The van der Waals surface area contributed by atoms with Crippen molar-refractivity contribution in [1.82, 2.24) is 5.32 Å². The van der Waals surface area contributed by atoms with Crippen LogP contribution in [-0.2, 0) is 0 Å². The van der Waals surface area contributed by atoms with E-state index in [1.807, 2.05) is 19.2 Å². The predicted octanol–water partition coefficient (Wildman–Crippen LogP) is 4.63. The van der Waals surface area contributed by atoms with Crippen molar-refractivity contribution >= 4 is 11.1 Å². The molecule has 0 aliphatic heterocycles. The molecule has 0 unspecified atom stereocenters. The van der Waals surface area contributed by atoms with Crippen LogP contribution in [0.2, 0.25) is 0 Å². The highest BCUT2D eigenvalue weighted by Gasteiger charge is 2.06. The molecule has 1 N–H and O–H groups in total. The molecular weight excluding hydrogens is 270 g/mol. The van der Waals surface area contributed by atoms with E-state index in [0.717, 1.165) is 18.7 Å². The predicted molar refractivity (Wildman–Crippen MR) is 95.1 cm³/mol. The van der Waals surface area contributed by atoms with Crippen molar-refractivity contribution < 1.29 is 4.74 Å². The number of allylic oxidation sites excluding steroid dienone is 2. The molecule has 0 fully saturated rings. The van der Waals surface area contributed by atoms with Crippen molar-refractivity contribution in [2.45, 2.75) is 20.3 Å². The number of ether oxygens (including phenoxy) is 1. The summed E-state index contributed by atoms with van der Waals surface area (Å²) in [5.41, 5.74) is 5.28. The molecule has 0 amide bonds. The third-order valence-corrected chi connectivity index (χ3v) is 3.84. The highest BCUT2D eigenvalue weighted by Crippen LogP contribution is 2.29. The number of benzene rings is 2. The molecule has 116 valence electrons. The highest BCUT2D eigenvalue weighted by molar-refractivity contribution is 5.89. The van der Waals surface area contributed by atoms with Gasteiger partial charge >= 0.3 is 0 Å². The first-order valence-electron chi connectivity index (χ1n) is 7.89. The maximum atomic E-state index is 5.67. The van der Waals surface area contributed by atoms with Crippen molar-refractivity contribution in [2.75, 3.05) is 20.2 Å². The zero-order chi connectivity index (χ0) is 15.8. The van der Waals surface area contributed by atoms with E-state index in [0.29, 0.717) is 6.61 Å². The summed E-state index contributed by atoms with van der Waals surface area (Å²) in [4.78, 5) is 0. The molecule has 0 aromatic heterocycles. The average Bonchev–Trinajstić information content (AvgIpc) is 2.57. The maximum absolute atomic E-state index is 5.67. The Balaban J connectivity index is 2.20. The summed E-state index contributed by atoms with van der Waals surface area (Å²) < 4.78 is 5.67. The van der Waals surface area contributed by atoms with Crippen molar-refractivity contribution in [3.8, 4) is 5.75 Å². The van der Waals surface area contributed by atoms with Crippen LogP contribution in [0.15, 0.2) is 54.6 Å². The number of nitrogens with one attached hydrogen (secondary N) is 1. The van der Waals surface area contributed by atoms with Gasteiger partial charge in [0, 0.05) is 6.54 Å². The molecule has 2 aromatic rings. The third-order valence-electron chi connectivity index (χ3n) is 3.84. The molecule has 22 heavy (non-hydrogen) atoms. The molecule has 2 aromatic carbocycles. The Morgan fingerprint density at radius 3 is 2.23 bits per heavy atom. The molecular formula is C20H25NO. The van der Waals surface area contributed by atoms with Gasteiger partial charge in [0.25, 0.3) is 0 Å². The minimum atomic E-state index is 0.689. The zero-order valence-corrected chi connectivity index (χ0v) is 13.7. The molecule has 0 saturated carbocycles. The molecule has 2 rings (SSSR count). The summed E-state index contributed by atoms with van der Waals surface area (Å²) in [5, 5.41) is 3.08. The van der Waals surface area contributed by atoms with Crippen molar-refractivity contribution in [2.24, 2.45) is 0 Å². The Morgan fingerprint density at radius 1 is 0.955 bits per heavy atom. The fourth-order valence-electron chi connectivity index (χ4n) is 2.57. The number of rotatable bonds is 7. The Labute approximate surface area is 133 Å². The number of hydrogen-bond donors (Lipinski definition) is 1. The summed E-state index contributed by atoms with van der Waals surface area (Å²) in [6.07, 6.45) is 1.02. The molecule has 0 atom stereocenters. The second-order valence-corrected chi connectivity index (χ2v) is 5.30. The Morgan fingerprint density at radius 2 is 1.64 bits per heavy atom. The molecule has 0 spiro atoms. The van der Waals surface area contributed by atoms with Gasteiger partial charge in [0.15, 0.2) is 0 Å². The molecule has 0 saturated heterocycles.